The molecule has 2 saturated heterocycles. The van der Waals surface area contributed by atoms with Crippen LogP contribution in [-0.4, -0.2) is 53.5 Å². The van der Waals surface area contributed by atoms with Gasteiger partial charge in [0.05, 0.1) is 16.7 Å². The molecule has 2 fully saturated rings. The van der Waals surface area contributed by atoms with Crippen molar-refractivity contribution in [2.75, 3.05) is 32.8 Å². The minimum Gasteiger partial charge on any atom is -0.373 e. The average molecular weight is 357 g/mol. The Bertz CT molecular complexity index is 704. The molecule has 0 aliphatic carbocycles. The first-order chi connectivity index (χ1) is 12.3. The molecule has 25 heavy (non-hydrogen) atoms. The van der Waals surface area contributed by atoms with Crippen LogP contribution in [0.5, 0.6) is 0 Å². The highest BCUT2D eigenvalue weighted by Crippen LogP contribution is 2.33. The molecule has 0 radical (unpaired) electrons. The third-order valence-electron chi connectivity index (χ3n) is 4.86. The standard InChI is InChI=1S/C19H23N3O2S/c23-19(18-7-6-17(25-18)16-5-3-13-24-16)22-11-9-21(10-12-22)14-15-4-1-2-8-20-15/h1-2,4,6-8,16H,3,5,9-14H2. The van der Waals surface area contributed by atoms with E-state index < -0.39 is 0 Å². The van der Waals surface area contributed by atoms with Gasteiger partial charge in [-0.1, -0.05) is 6.07 Å². The Labute approximate surface area is 152 Å². The van der Waals surface area contributed by atoms with Crippen LogP contribution in [0, 0.1) is 0 Å². The van der Waals surface area contributed by atoms with E-state index in [4.69, 9.17) is 4.74 Å². The van der Waals surface area contributed by atoms with Crippen molar-refractivity contribution in [3.8, 4) is 0 Å². The summed E-state index contributed by atoms with van der Waals surface area (Å²) in [6.07, 6.45) is 4.21. The molecule has 2 aliphatic rings. The quantitative estimate of drug-likeness (QED) is 0.844. The van der Waals surface area contributed by atoms with Crippen molar-refractivity contribution < 1.29 is 9.53 Å². The van der Waals surface area contributed by atoms with Gasteiger partial charge in [0.1, 0.15) is 0 Å². The van der Waals surface area contributed by atoms with Crippen LogP contribution in [0.2, 0.25) is 0 Å². The second-order valence-electron chi connectivity index (χ2n) is 6.59. The lowest BCUT2D eigenvalue weighted by molar-refractivity contribution is 0.0632. The van der Waals surface area contributed by atoms with Crippen LogP contribution in [0.25, 0.3) is 0 Å². The maximum Gasteiger partial charge on any atom is 0.264 e. The van der Waals surface area contributed by atoms with Crippen LogP contribution in [0.4, 0.5) is 0 Å². The largest absolute Gasteiger partial charge is 0.373 e. The molecule has 0 spiro atoms. The maximum absolute atomic E-state index is 12.8. The molecule has 2 aromatic rings. The lowest BCUT2D eigenvalue weighted by Gasteiger charge is -2.34. The zero-order valence-electron chi connectivity index (χ0n) is 14.3. The summed E-state index contributed by atoms with van der Waals surface area (Å²) in [4.78, 5) is 23.5. The van der Waals surface area contributed by atoms with Gasteiger partial charge in [0.25, 0.3) is 5.91 Å². The first-order valence-corrected chi connectivity index (χ1v) is 9.74. The van der Waals surface area contributed by atoms with E-state index in [1.54, 1.807) is 11.3 Å². The Morgan fingerprint density at radius 3 is 2.80 bits per heavy atom. The summed E-state index contributed by atoms with van der Waals surface area (Å²) in [7, 11) is 0. The van der Waals surface area contributed by atoms with Gasteiger partial charge in [-0.2, -0.15) is 0 Å². The number of aromatic nitrogens is 1. The first kappa shape index (κ1) is 16.7. The van der Waals surface area contributed by atoms with Gasteiger partial charge in [0.2, 0.25) is 0 Å². The highest BCUT2D eigenvalue weighted by molar-refractivity contribution is 7.14. The number of hydrogen-bond acceptors (Lipinski definition) is 5. The van der Waals surface area contributed by atoms with Crippen LogP contribution in [-0.2, 0) is 11.3 Å². The molecule has 0 aromatic carbocycles. The van der Waals surface area contributed by atoms with Crippen molar-refractivity contribution in [1.29, 1.82) is 0 Å². The third kappa shape index (κ3) is 3.92. The number of ether oxygens (including phenoxy) is 1. The molecule has 4 rings (SSSR count). The molecule has 2 aromatic heterocycles. The number of pyridine rings is 1. The molecule has 5 nitrogen and oxygen atoms in total. The second kappa shape index (κ2) is 7.64. The fourth-order valence-corrected chi connectivity index (χ4v) is 4.49. The van der Waals surface area contributed by atoms with E-state index in [0.717, 1.165) is 62.7 Å². The average Bonchev–Trinajstić information content (AvgIpc) is 3.34. The Morgan fingerprint density at radius 2 is 2.08 bits per heavy atom. The second-order valence-corrected chi connectivity index (χ2v) is 7.71. The normalized spacial score (nSPS) is 21.6. The zero-order chi connectivity index (χ0) is 17.1. The van der Waals surface area contributed by atoms with E-state index in [1.165, 1.54) is 4.88 Å². The molecular formula is C19H23N3O2S. The minimum absolute atomic E-state index is 0.159. The van der Waals surface area contributed by atoms with Crippen LogP contribution < -0.4 is 0 Å². The number of carbonyl (C=O) groups excluding carboxylic acids is 1. The number of hydrogen-bond donors (Lipinski definition) is 0. The molecule has 1 unspecified atom stereocenters. The summed E-state index contributed by atoms with van der Waals surface area (Å²) in [6.45, 7) is 5.03. The number of thiophene rings is 1. The van der Waals surface area contributed by atoms with Crippen molar-refractivity contribution in [3.05, 3.63) is 52.0 Å². The van der Waals surface area contributed by atoms with Gasteiger partial charge in [-0.25, -0.2) is 0 Å². The Hall–Kier alpha value is -1.76. The SMILES string of the molecule is O=C(c1ccc(C2CCCO2)s1)N1CCN(Cc2ccccn2)CC1. The smallest absolute Gasteiger partial charge is 0.264 e. The highest BCUT2D eigenvalue weighted by atomic mass is 32.1. The van der Waals surface area contributed by atoms with E-state index in [9.17, 15) is 4.79 Å². The van der Waals surface area contributed by atoms with Crippen molar-refractivity contribution in [3.63, 3.8) is 0 Å². The van der Waals surface area contributed by atoms with Crippen molar-refractivity contribution >= 4 is 17.2 Å². The molecule has 6 heteroatoms. The predicted octanol–water partition coefficient (Wildman–Crippen LogP) is 2.95. The molecule has 0 saturated carbocycles. The summed E-state index contributed by atoms with van der Waals surface area (Å²) >= 11 is 1.60. The van der Waals surface area contributed by atoms with E-state index >= 15 is 0 Å². The monoisotopic (exact) mass is 357 g/mol. The van der Waals surface area contributed by atoms with E-state index in [0.29, 0.717) is 0 Å². The van der Waals surface area contributed by atoms with Crippen LogP contribution in [0.3, 0.4) is 0 Å². The first-order valence-electron chi connectivity index (χ1n) is 8.92. The van der Waals surface area contributed by atoms with Crippen LogP contribution >= 0.6 is 11.3 Å². The highest BCUT2D eigenvalue weighted by Gasteiger charge is 2.25. The molecule has 0 N–H and O–H groups in total. The van der Waals surface area contributed by atoms with Crippen molar-refractivity contribution in [1.82, 2.24) is 14.8 Å². The van der Waals surface area contributed by atoms with Gasteiger partial charge in [-0.3, -0.25) is 14.7 Å². The molecule has 132 valence electrons. The van der Waals surface area contributed by atoms with Crippen LogP contribution in [0.15, 0.2) is 36.5 Å². The fourth-order valence-electron chi connectivity index (χ4n) is 3.43. The molecule has 1 atom stereocenters. The van der Waals surface area contributed by atoms with Gasteiger partial charge in [0.15, 0.2) is 0 Å². The lowest BCUT2D eigenvalue weighted by atomic mass is 10.2. The summed E-state index contributed by atoms with van der Waals surface area (Å²) in [5, 5.41) is 0. The summed E-state index contributed by atoms with van der Waals surface area (Å²) in [6, 6.07) is 10.0. The van der Waals surface area contributed by atoms with Gasteiger partial charge in [-0.15, -0.1) is 11.3 Å². The number of carbonyl (C=O) groups is 1. The molecule has 1 amide bonds. The Morgan fingerprint density at radius 1 is 1.20 bits per heavy atom. The molecule has 0 bridgehead atoms. The van der Waals surface area contributed by atoms with Crippen molar-refractivity contribution in [2.24, 2.45) is 0 Å². The van der Waals surface area contributed by atoms with Gasteiger partial charge in [-0.05, 0) is 37.1 Å². The van der Waals surface area contributed by atoms with Gasteiger partial charge < -0.3 is 9.64 Å². The third-order valence-corrected chi connectivity index (χ3v) is 6.02. The number of nitrogens with zero attached hydrogens (tertiary/aromatic N) is 3. The molecule has 4 heterocycles. The number of piperazine rings is 1. The summed E-state index contributed by atoms with van der Waals surface area (Å²) in [5.74, 6) is 0.159. The van der Waals surface area contributed by atoms with Gasteiger partial charge >= 0.3 is 0 Å². The zero-order valence-corrected chi connectivity index (χ0v) is 15.1. The van der Waals surface area contributed by atoms with Crippen LogP contribution in [0.1, 0.15) is 39.2 Å². The lowest BCUT2D eigenvalue weighted by Crippen LogP contribution is -2.48. The molecular weight excluding hydrogens is 334 g/mol. The van der Waals surface area contributed by atoms with E-state index in [2.05, 4.69) is 22.0 Å². The van der Waals surface area contributed by atoms with Gasteiger partial charge in [0, 0.05) is 50.4 Å². The predicted molar refractivity (Wildman–Crippen MR) is 97.7 cm³/mol. The summed E-state index contributed by atoms with van der Waals surface area (Å²) in [5.41, 5.74) is 1.08. The Kier molecular flexibility index (Phi) is 5.10. The minimum atomic E-state index is 0.159. The van der Waals surface area contributed by atoms with Crippen molar-refractivity contribution in [2.45, 2.75) is 25.5 Å². The summed E-state index contributed by atoms with van der Waals surface area (Å²) < 4.78 is 5.72. The van der Waals surface area contributed by atoms with E-state index in [-0.39, 0.29) is 12.0 Å². The topological polar surface area (TPSA) is 45.7 Å². The fraction of sp³-hybridized carbons (Fsp3) is 0.474. The Balaban J connectivity index is 1.32. The maximum atomic E-state index is 12.8. The number of rotatable bonds is 4. The number of amides is 1. The van der Waals surface area contributed by atoms with E-state index in [1.807, 2.05) is 29.3 Å². The molecule has 2 aliphatic heterocycles.